The molecule has 0 saturated heterocycles. The minimum atomic E-state index is 0.181. The number of benzene rings is 2. The highest BCUT2D eigenvalue weighted by molar-refractivity contribution is 6.31. The molecule has 1 nitrogen and oxygen atoms in total. The van der Waals surface area contributed by atoms with E-state index < -0.39 is 0 Å². The van der Waals surface area contributed by atoms with Crippen molar-refractivity contribution in [3.8, 4) is 0 Å². The molecule has 1 unspecified atom stereocenters. The van der Waals surface area contributed by atoms with E-state index in [-0.39, 0.29) is 6.04 Å². The Morgan fingerprint density at radius 3 is 2.33 bits per heavy atom. The molecule has 0 fully saturated rings. The Hall–Kier alpha value is -1.31. The molecule has 2 aromatic rings. The summed E-state index contributed by atoms with van der Waals surface area (Å²) in [6.45, 7) is 6.06. The van der Waals surface area contributed by atoms with Crippen LogP contribution in [0.2, 0.25) is 5.02 Å². The van der Waals surface area contributed by atoms with E-state index in [0.717, 1.165) is 23.4 Å². The van der Waals surface area contributed by atoms with Crippen molar-refractivity contribution in [2.24, 2.45) is 5.73 Å². The molecule has 3 rings (SSSR count). The van der Waals surface area contributed by atoms with Gasteiger partial charge < -0.3 is 5.73 Å². The summed E-state index contributed by atoms with van der Waals surface area (Å²) in [7, 11) is 0. The van der Waals surface area contributed by atoms with Crippen LogP contribution < -0.4 is 5.73 Å². The Kier molecular flexibility index (Phi) is 5.44. The van der Waals surface area contributed by atoms with Gasteiger partial charge in [-0.3, -0.25) is 0 Å². The first-order valence-electron chi connectivity index (χ1n) is 7.77. The summed E-state index contributed by atoms with van der Waals surface area (Å²) in [5.74, 6) is 0.451. The van der Waals surface area contributed by atoms with Crippen molar-refractivity contribution < 1.29 is 0 Å². The van der Waals surface area contributed by atoms with Crippen LogP contribution >= 0.6 is 11.6 Å². The van der Waals surface area contributed by atoms with E-state index in [1.54, 1.807) is 0 Å². The van der Waals surface area contributed by atoms with E-state index in [2.05, 4.69) is 43.3 Å². The van der Waals surface area contributed by atoms with Gasteiger partial charge in [0.1, 0.15) is 0 Å². The van der Waals surface area contributed by atoms with Gasteiger partial charge in [-0.2, -0.15) is 0 Å². The van der Waals surface area contributed by atoms with Crippen molar-refractivity contribution >= 4 is 11.6 Å². The summed E-state index contributed by atoms with van der Waals surface area (Å²) < 4.78 is 0. The third kappa shape index (κ3) is 3.30. The molecule has 1 aliphatic rings. The molecule has 0 spiro atoms. The fourth-order valence-electron chi connectivity index (χ4n) is 3.05. The number of fused-ring (bicyclic) bond motifs is 1. The lowest BCUT2D eigenvalue weighted by Gasteiger charge is -2.30. The lowest BCUT2D eigenvalue weighted by molar-refractivity contribution is 0.530. The summed E-state index contributed by atoms with van der Waals surface area (Å²) >= 11 is 6.12. The van der Waals surface area contributed by atoms with Gasteiger partial charge in [-0.25, -0.2) is 0 Å². The maximum Gasteiger partial charge on any atom is 0.0435 e. The van der Waals surface area contributed by atoms with Crippen LogP contribution in [0.4, 0.5) is 0 Å². The zero-order chi connectivity index (χ0) is 15.4. The average Bonchev–Trinajstić information content (AvgIpc) is 2.53. The molecule has 112 valence electrons. The van der Waals surface area contributed by atoms with E-state index in [1.807, 2.05) is 19.9 Å². The molecule has 2 atom stereocenters. The second-order valence-corrected chi connectivity index (χ2v) is 5.78. The van der Waals surface area contributed by atoms with Crippen LogP contribution in [0.15, 0.2) is 42.5 Å². The molecule has 0 radical (unpaired) electrons. The minimum absolute atomic E-state index is 0.181. The molecular formula is C19H24ClN. The highest BCUT2D eigenvalue weighted by atomic mass is 35.5. The number of aryl methyl sites for hydroxylation is 1. The Morgan fingerprint density at radius 2 is 1.67 bits per heavy atom. The molecule has 0 aromatic heterocycles. The van der Waals surface area contributed by atoms with Crippen LogP contribution in [0, 0.1) is 6.92 Å². The quantitative estimate of drug-likeness (QED) is 0.729. The highest BCUT2D eigenvalue weighted by Crippen LogP contribution is 2.40. The molecule has 1 aliphatic carbocycles. The first-order chi connectivity index (χ1) is 10.2. The number of rotatable bonds is 1. The largest absolute Gasteiger partial charge is 0.324 e. The fourth-order valence-corrected chi connectivity index (χ4v) is 3.17. The third-order valence-electron chi connectivity index (χ3n) is 4.12. The van der Waals surface area contributed by atoms with Crippen LogP contribution in [-0.4, -0.2) is 0 Å². The molecule has 2 heteroatoms. The molecule has 21 heavy (non-hydrogen) atoms. The van der Waals surface area contributed by atoms with E-state index >= 15 is 0 Å². The topological polar surface area (TPSA) is 26.0 Å². The second kappa shape index (κ2) is 7.11. The van der Waals surface area contributed by atoms with Gasteiger partial charge in [0.25, 0.3) is 0 Å². The van der Waals surface area contributed by atoms with Crippen molar-refractivity contribution in [1.29, 1.82) is 0 Å². The van der Waals surface area contributed by atoms with E-state index in [0.29, 0.717) is 5.92 Å². The molecule has 2 aromatic carbocycles. The van der Waals surface area contributed by atoms with Gasteiger partial charge in [0.15, 0.2) is 0 Å². The van der Waals surface area contributed by atoms with Gasteiger partial charge in [0.05, 0.1) is 0 Å². The number of hydrogen-bond acceptors (Lipinski definition) is 1. The van der Waals surface area contributed by atoms with Crippen molar-refractivity contribution in [2.45, 2.75) is 45.6 Å². The smallest absolute Gasteiger partial charge is 0.0435 e. The van der Waals surface area contributed by atoms with E-state index in [1.165, 1.54) is 16.7 Å². The summed E-state index contributed by atoms with van der Waals surface area (Å²) in [6.07, 6.45) is 2.16. The van der Waals surface area contributed by atoms with Gasteiger partial charge in [-0.1, -0.05) is 61.8 Å². The predicted octanol–water partition coefficient (Wildman–Crippen LogP) is 5.60. The molecule has 0 saturated carbocycles. The van der Waals surface area contributed by atoms with Crippen LogP contribution in [0.5, 0.6) is 0 Å². The van der Waals surface area contributed by atoms with Gasteiger partial charge in [0.2, 0.25) is 0 Å². The average molecular weight is 302 g/mol. The van der Waals surface area contributed by atoms with Crippen molar-refractivity contribution in [2.75, 3.05) is 0 Å². The Bertz CT molecular complexity index is 606. The van der Waals surface area contributed by atoms with E-state index in [4.69, 9.17) is 17.3 Å². The van der Waals surface area contributed by atoms with Crippen LogP contribution in [0.25, 0.3) is 0 Å². The first-order valence-corrected chi connectivity index (χ1v) is 8.15. The van der Waals surface area contributed by atoms with Crippen molar-refractivity contribution in [3.05, 3.63) is 69.7 Å². The van der Waals surface area contributed by atoms with Crippen LogP contribution in [0.1, 0.15) is 60.9 Å². The zero-order valence-electron chi connectivity index (χ0n) is 13.1. The number of halogens is 1. The van der Waals surface area contributed by atoms with Crippen LogP contribution in [-0.2, 0) is 0 Å². The summed E-state index contributed by atoms with van der Waals surface area (Å²) in [6, 6.07) is 15.1. The van der Waals surface area contributed by atoms with Gasteiger partial charge in [-0.15, -0.1) is 0 Å². The predicted molar refractivity (Wildman–Crippen MR) is 92.0 cm³/mol. The Labute approximate surface area is 133 Å². The molecule has 0 heterocycles. The monoisotopic (exact) mass is 301 g/mol. The maximum atomic E-state index is 6.22. The van der Waals surface area contributed by atoms with Gasteiger partial charge >= 0.3 is 0 Å². The zero-order valence-corrected chi connectivity index (χ0v) is 13.8. The van der Waals surface area contributed by atoms with Crippen LogP contribution in [0.3, 0.4) is 0 Å². The van der Waals surface area contributed by atoms with Gasteiger partial charge in [-0.05, 0) is 48.1 Å². The van der Waals surface area contributed by atoms with Gasteiger partial charge in [0, 0.05) is 17.0 Å². The Morgan fingerprint density at radius 1 is 1.00 bits per heavy atom. The summed E-state index contributed by atoms with van der Waals surface area (Å²) in [5, 5.41) is 0.838. The molecule has 0 aliphatic heterocycles. The van der Waals surface area contributed by atoms with Crippen molar-refractivity contribution in [1.82, 2.24) is 0 Å². The second-order valence-electron chi connectivity index (χ2n) is 5.37. The highest BCUT2D eigenvalue weighted by Gasteiger charge is 2.25. The third-order valence-corrected chi connectivity index (χ3v) is 4.55. The molecule has 0 amide bonds. The standard InChI is InChI=1S/C17H18ClN.C2H6/c1-11-10-12(6-8-16(11)18)13-7-9-17(19)15-5-3-2-4-14(13)15;1-2/h2-6,8,10,13,17H,7,9,19H2,1H3;1-2H3/t13?,17-;/m1./s1. The maximum absolute atomic E-state index is 6.22. The minimum Gasteiger partial charge on any atom is -0.324 e. The first kappa shape index (κ1) is 16.1. The lowest BCUT2D eigenvalue weighted by Crippen LogP contribution is -2.21. The fraction of sp³-hybridized carbons (Fsp3) is 0.368. The normalized spacial score (nSPS) is 20.2. The molecular weight excluding hydrogens is 278 g/mol. The number of hydrogen-bond donors (Lipinski definition) is 1. The number of nitrogens with two attached hydrogens (primary N) is 1. The van der Waals surface area contributed by atoms with Crippen molar-refractivity contribution in [3.63, 3.8) is 0 Å². The SMILES string of the molecule is CC.Cc1cc(C2CC[C@@H](N)c3ccccc32)ccc1Cl. The lowest BCUT2D eigenvalue weighted by atomic mass is 9.77. The van der Waals surface area contributed by atoms with E-state index in [9.17, 15) is 0 Å². The molecule has 2 N–H and O–H groups in total. The Balaban J connectivity index is 0.000000774. The molecule has 0 bridgehead atoms. The summed E-state index contributed by atoms with van der Waals surface area (Å²) in [5.41, 5.74) is 11.4. The summed E-state index contributed by atoms with van der Waals surface area (Å²) in [4.78, 5) is 0.